The van der Waals surface area contributed by atoms with Crippen LogP contribution in [0.4, 0.5) is 4.79 Å². The molecular formula is C19H22BrNO6S. The minimum atomic E-state index is -0.513. The zero-order chi connectivity index (χ0) is 20.8. The molecule has 1 unspecified atom stereocenters. The van der Waals surface area contributed by atoms with Crippen molar-refractivity contribution in [2.24, 2.45) is 0 Å². The molecule has 1 heterocycles. The molecule has 0 saturated carbocycles. The Bertz CT molecular complexity index is 810. The highest BCUT2D eigenvalue weighted by Gasteiger charge is 2.37. The fourth-order valence-corrected chi connectivity index (χ4v) is 3.78. The van der Waals surface area contributed by atoms with Crippen LogP contribution in [0.1, 0.15) is 32.8 Å². The lowest BCUT2D eigenvalue weighted by Crippen LogP contribution is -2.36. The molecule has 0 aliphatic carbocycles. The van der Waals surface area contributed by atoms with Gasteiger partial charge in [0.25, 0.3) is 11.1 Å². The molecule has 0 radical (unpaired) electrons. The van der Waals surface area contributed by atoms with Gasteiger partial charge < -0.3 is 14.2 Å². The lowest BCUT2D eigenvalue weighted by molar-refractivity contribution is -0.143. The van der Waals surface area contributed by atoms with E-state index in [0.29, 0.717) is 39.5 Å². The second kappa shape index (κ2) is 9.97. The molecule has 0 aromatic heterocycles. The van der Waals surface area contributed by atoms with Crippen molar-refractivity contribution in [2.75, 3.05) is 20.3 Å². The third-order valence-corrected chi connectivity index (χ3v) is 5.65. The zero-order valence-corrected chi connectivity index (χ0v) is 18.5. The van der Waals surface area contributed by atoms with Crippen LogP contribution < -0.4 is 9.47 Å². The number of methoxy groups -OCH3 is 1. The van der Waals surface area contributed by atoms with Crippen molar-refractivity contribution in [1.82, 2.24) is 4.90 Å². The Morgan fingerprint density at radius 2 is 1.93 bits per heavy atom. The summed E-state index contributed by atoms with van der Waals surface area (Å²) in [5.41, 5.74) is 0.656. The number of esters is 1. The van der Waals surface area contributed by atoms with Crippen LogP contribution in [0.25, 0.3) is 6.08 Å². The highest BCUT2D eigenvalue weighted by molar-refractivity contribution is 9.10. The van der Waals surface area contributed by atoms with E-state index in [4.69, 9.17) is 9.47 Å². The molecule has 0 bridgehead atoms. The fraction of sp³-hybridized carbons (Fsp3) is 0.421. The van der Waals surface area contributed by atoms with Crippen molar-refractivity contribution in [1.29, 1.82) is 0 Å². The predicted octanol–water partition coefficient (Wildman–Crippen LogP) is 4.23. The first-order valence-corrected chi connectivity index (χ1v) is 10.4. The Labute approximate surface area is 176 Å². The van der Waals surface area contributed by atoms with E-state index in [9.17, 15) is 14.4 Å². The van der Waals surface area contributed by atoms with Crippen molar-refractivity contribution in [3.63, 3.8) is 0 Å². The van der Waals surface area contributed by atoms with Gasteiger partial charge in [0.05, 0.1) is 18.6 Å². The van der Waals surface area contributed by atoms with Crippen LogP contribution in [0.3, 0.4) is 0 Å². The largest absolute Gasteiger partial charge is 0.490 e. The quantitative estimate of drug-likeness (QED) is 0.414. The van der Waals surface area contributed by atoms with Gasteiger partial charge in [-0.15, -0.1) is 0 Å². The first-order chi connectivity index (χ1) is 13.3. The van der Waals surface area contributed by atoms with E-state index in [0.717, 1.165) is 11.8 Å². The van der Waals surface area contributed by atoms with Crippen LogP contribution >= 0.6 is 27.7 Å². The first kappa shape index (κ1) is 22.3. The number of thioether (sulfide) groups is 1. The normalized spacial score (nSPS) is 16.5. The first-order valence-electron chi connectivity index (χ1n) is 8.75. The highest BCUT2D eigenvalue weighted by atomic mass is 79.9. The van der Waals surface area contributed by atoms with Gasteiger partial charge >= 0.3 is 5.97 Å². The van der Waals surface area contributed by atoms with Crippen LogP contribution in [-0.4, -0.2) is 48.4 Å². The van der Waals surface area contributed by atoms with E-state index in [1.165, 1.54) is 12.0 Å². The molecule has 1 aromatic rings. The Balaban J connectivity index is 2.34. The van der Waals surface area contributed by atoms with Crippen LogP contribution in [0.2, 0.25) is 0 Å². The summed E-state index contributed by atoms with van der Waals surface area (Å²) in [6, 6.07) is 3.19. The van der Waals surface area contributed by atoms with E-state index in [2.05, 4.69) is 20.7 Å². The van der Waals surface area contributed by atoms with Crippen LogP contribution in [0.5, 0.6) is 11.5 Å². The van der Waals surface area contributed by atoms with Gasteiger partial charge in [0.2, 0.25) is 0 Å². The van der Waals surface area contributed by atoms with Gasteiger partial charge in [0.1, 0.15) is 0 Å². The zero-order valence-electron chi connectivity index (χ0n) is 16.1. The summed E-state index contributed by atoms with van der Waals surface area (Å²) < 4.78 is 16.3. The number of nitrogens with zero attached hydrogens (tertiary/aromatic N) is 1. The number of carbonyl (C=O) groups is 3. The van der Waals surface area contributed by atoms with Gasteiger partial charge in [0, 0.05) is 10.5 Å². The third-order valence-electron chi connectivity index (χ3n) is 4.08. The number of amides is 2. The summed E-state index contributed by atoms with van der Waals surface area (Å²) in [6.45, 7) is 5.73. The fourth-order valence-electron chi connectivity index (χ4n) is 2.42. The molecule has 1 fully saturated rings. The Morgan fingerprint density at radius 3 is 2.54 bits per heavy atom. The second-order valence-corrected chi connectivity index (χ2v) is 7.77. The Morgan fingerprint density at radius 1 is 1.25 bits per heavy atom. The molecule has 2 amide bonds. The molecule has 1 atom stereocenters. The monoisotopic (exact) mass is 471 g/mol. The summed E-state index contributed by atoms with van der Waals surface area (Å²) in [6.07, 6.45) is 2.33. The third kappa shape index (κ3) is 5.08. The smallest absolute Gasteiger partial charge is 0.343 e. The predicted molar refractivity (Wildman–Crippen MR) is 110 cm³/mol. The van der Waals surface area contributed by atoms with Gasteiger partial charge in [0.15, 0.2) is 18.1 Å². The number of rotatable bonds is 8. The minimum Gasteiger partial charge on any atom is -0.490 e. The van der Waals surface area contributed by atoms with Gasteiger partial charge in [-0.1, -0.05) is 22.9 Å². The average Bonchev–Trinajstić information content (AvgIpc) is 2.95. The Hall–Kier alpha value is -2.00. The van der Waals surface area contributed by atoms with Crippen LogP contribution in [0, 0.1) is 0 Å². The number of ether oxygens (including phenoxy) is 3. The number of carbonyl (C=O) groups excluding carboxylic acids is 3. The van der Waals surface area contributed by atoms with Gasteiger partial charge in [-0.3, -0.25) is 14.5 Å². The molecule has 1 aromatic carbocycles. The summed E-state index contributed by atoms with van der Waals surface area (Å²) >= 11 is 4.36. The maximum absolute atomic E-state index is 12.6. The Kier molecular flexibility index (Phi) is 7.94. The maximum atomic E-state index is 12.6. The van der Waals surface area contributed by atoms with Gasteiger partial charge in [-0.25, -0.2) is 4.79 Å². The molecule has 28 heavy (non-hydrogen) atoms. The van der Waals surface area contributed by atoms with Gasteiger partial charge in [-0.2, -0.15) is 0 Å². The van der Waals surface area contributed by atoms with Crippen molar-refractivity contribution < 1.29 is 28.6 Å². The summed E-state index contributed by atoms with van der Waals surface area (Å²) in [4.78, 5) is 37.8. The van der Waals surface area contributed by atoms with E-state index in [-0.39, 0.29) is 23.8 Å². The lowest BCUT2D eigenvalue weighted by atomic mass is 10.1. The second-order valence-electron chi connectivity index (χ2n) is 5.93. The minimum absolute atomic E-state index is 0.157. The summed E-state index contributed by atoms with van der Waals surface area (Å²) in [5, 5.41) is -0.273. The molecule has 0 N–H and O–H groups in total. The molecule has 1 aliphatic heterocycles. The van der Waals surface area contributed by atoms with Gasteiger partial charge in [-0.05, 0) is 55.8 Å². The molecule has 9 heteroatoms. The highest BCUT2D eigenvalue weighted by Crippen LogP contribution is 2.38. The molecule has 152 valence electrons. The number of benzene rings is 1. The summed E-state index contributed by atoms with van der Waals surface area (Å²) in [7, 11) is 1.28. The average molecular weight is 472 g/mol. The van der Waals surface area contributed by atoms with E-state index >= 15 is 0 Å². The topological polar surface area (TPSA) is 82.1 Å². The SMILES string of the molecule is CCOc1cc(/C=C2\SC(=O)N(C(C)CC)C2=O)c(Br)cc1OCC(=O)OC. The molecular weight excluding hydrogens is 450 g/mol. The molecule has 2 rings (SSSR count). The van der Waals surface area contributed by atoms with Crippen molar-refractivity contribution >= 4 is 50.9 Å². The van der Waals surface area contributed by atoms with Crippen LogP contribution in [-0.2, 0) is 14.3 Å². The van der Waals surface area contributed by atoms with E-state index in [1.54, 1.807) is 18.2 Å². The maximum Gasteiger partial charge on any atom is 0.343 e. The van der Waals surface area contributed by atoms with Crippen molar-refractivity contribution in [2.45, 2.75) is 33.2 Å². The number of hydrogen-bond acceptors (Lipinski definition) is 7. The van der Waals surface area contributed by atoms with Crippen molar-refractivity contribution in [3.05, 3.63) is 27.1 Å². The van der Waals surface area contributed by atoms with Crippen LogP contribution in [0.15, 0.2) is 21.5 Å². The molecule has 1 aliphatic rings. The number of imide groups is 1. The molecule has 1 saturated heterocycles. The van der Waals surface area contributed by atoms with E-state index in [1.807, 2.05) is 20.8 Å². The molecule has 0 spiro atoms. The lowest BCUT2D eigenvalue weighted by Gasteiger charge is -2.19. The summed E-state index contributed by atoms with van der Waals surface area (Å²) in [5.74, 6) is -0.0346. The standard InChI is InChI=1S/C19H22BrNO6S/c1-5-11(3)21-18(23)16(28-19(21)24)8-12-7-14(26-6-2)15(9-13(12)20)27-10-17(22)25-4/h7-9,11H,5-6,10H2,1-4H3/b16-8-. The van der Waals surface area contributed by atoms with Crippen molar-refractivity contribution in [3.8, 4) is 11.5 Å². The van der Waals surface area contributed by atoms with E-state index < -0.39 is 5.97 Å². The number of halogens is 1. The number of hydrogen-bond donors (Lipinski definition) is 0. The molecule has 7 nitrogen and oxygen atoms in total.